The van der Waals surface area contributed by atoms with E-state index in [2.05, 4.69) is 50.6 Å². The second kappa shape index (κ2) is 5.95. The van der Waals surface area contributed by atoms with Crippen LogP contribution in [0.2, 0.25) is 0 Å². The summed E-state index contributed by atoms with van der Waals surface area (Å²) in [6.07, 6.45) is 3.36. The number of benzene rings is 1. The predicted octanol–water partition coefficient (Wildman–Crippen LogP) is 0.925. The number of nitrogens with zero attached hydrogens (tertiary/aromatic N) is 4. The second-order valence-corrected chi connectivity index (χ2v) is 4.88. The molecule has 0 radical (unpaired) electrons. The van der Waals surface area contributed by atoms with Crippen molar-refractivity contribution in [2.45, 2.75) is 12.6 Å². The maximum absolute atomic E-state index is 4.14. The highest BCUT2D eigenvalue weighted by Gasteiger charge is 2.20. The molecule has 2 aromatic rings. The summed E-state index contributed by atoms with van der Waals surface area (Å²) in [5.41, 5.74) is 1.37. The smallest absolute Gasteiger partial charge is 0.137 e. The van der Waals surface area contributed by atoms with Gasteiger partial charge in [-0.2, -0.15) is 5.10 Å². The van der Waals surface area contributed by atoms with Crippen LogP contribution in [0, 0.1) is 0 Å². The number of nitrogens with one attached hydrogen (secondary N) is 1. The molecule has 1 aromatic carbocycles. The van der Waals surface area contributed by atoms with E-state index in [-0.39, 0.29) is 0 Å². The lowest BCUT2D eigenvalue weighted by Gasteiger charge is -2.33. The average molecular weight is 257 g/mol. The molecule has 1 aromatic heterocycles. The van der Waals surface area contributed by atoms with E-state index in [9.17, 15) is 0 Å². The number of aromatic nitrogens is 3. The van der Waals surface area contributed by atoms with Crippen molar-refractivity contribution in [1.82, 2.24) is 25.0 Å². The van der Waals surface area contributed by atoms with Gasteiger partial charge in [-0.05, 0) is 5.56 Å². The van der Waals surface area contributed by atoms with Crippen LogP contribution in [-0.4, -0.2) is 45.8 Å². The van der Waals surface area contributed by atoms with Gasteiger partial charge in [0.15, 0.2) is 0 Å². The average Bonchev–Trinajstić information content (AvgIpc) is 3.00. The van der Waals surface area contributed by atoms with Crippen molar-refractivity contribution in [3.8, 4) is 0 Å². The van der Waals surface area contributed by atoms with Crippen LogP contribution < -0.4 is 5.32 Å². The first kappa shape index (κ1) is 12.3. The summed E-state index contributed by atoms with van der Waals surface area (Å²) >= 11 is 0. The minimum Gasteiger partial charge on any atom is -0.308 e. The molecule has 1 N–H and O–H groups in total. The highest BCUT2D eigenvalue weighted by molar-refractivity contribution is 5.19. The van der Waals surface area contributed by atoms with Crippen LogP contribution in [0.15, 0.2) is 43.0 Å². The molecule has 0 spiro atoms. The van der Waals surface area contributed by atoms with Crippen molar-refractivity contribution in [3.05, 3.63) is 48.5 Å². The Balaban J connectivity index is 1.56. The highest BCUT2D eigenvalue weighted by Crippen LogP contribution is 2.16. The van der Waals surface area contributed by atoms with Crippen LogP contribution in [0.5, 0.6) is 0 Å². The second-order valence-electron chi connectivity index (χ2n) is 4.88. The van der Waals surface area contributed by atoms with Crippen molar-refractivity contribution >= 4 is 0 Å². The molecule has 5 nitrogen and oxygen atoms in total. The van der Waals surface area contributed by atoms with E-state index in [0.717, 1.165) is 32.7 Å². The molecule has 100 valence electrons. The zero-order valence-corrected chi connectivity index (χ0v) is 10.9. The largest absolute Gasteiger partial charge is 0.308 e. The van der Waals surface area contributed by atoms with Gasteiger partial charge in [-0.3, -0.25) is 9.58 Å². The summed E-state index contributed by atoms with van der Waals surface area (Å²) in [6, 6.07) is 11.1. The molecule has 1 aliphatic heterocycles. The van der Waals surface area contributed by atoms with E-state index < -0.39 is 0 Å². The number of piperazine rings is 1. The van der Waals surface area contributed by atoms with E-state index in [4.69, 9.17) is 0 Å². The minimum atomic E-state index is 0.436. The molecule has 1 fully saturated rings. The summed E-state index contributed by atoms with van der Waals surface area (Å²) in [7, 11) is 0. The lowest BCUT2D eigenvalue weighted by Crippen LogP contribution is -2.46. The molecule has 3 rings (SSSR count). The van der Waals surface area contributed by atoms with Crippen molar-refractivity contribution in [1.29, 1.82) is 0 Å². The summed E-state index contributed by atoms with van der Waals surface area (Å²) in [5, 5.41) is 7.72. The Kier molecular flexibility index (Phi) is 3.86. The molecule has 0 amide bonds. The van der Waals surface area contributed by atoms with E-state index in [0.29, 0.717) is 6.04 Å². The molecule has 1 atom stereocenters. The quantitative estimate of drug-likeness (QED) is 0.885. The van der Waals surface area contributed by atoms with Gasteiger partial charge in [-0.1, -0.05) is 30.3 Å². The molecule has 0 aliphatic carbocycles. The maximum Gasteiger partial charge on any atom is 0.137 e. The Bertz CT molecular complexity index is 482. The van der Waals surface area contributed by atoms with Gasteiger partial charge in [-0.25, -0.2) is 4.98 Å². The molecule has 0 saturated carbocycles. The lowest BCUT2D eigenvalue weighted by molar-refractivity contribution is 0.192. The van der Waals surface area contributed by atoms with Crippen molar-refractivity contribution in [2.24, 2.45) is 0 Å². The number of hydrogen-bond acceptors (Lipinski definition) is 4. The lowest BCUT2D eigenvalue weighted by atomic mass is 10.0. The molecular weight excluding hydrogens is 238 g/mol. The fourth-order valence-electron chi connectivity index (χ4n) is 2.51. The molecule has 5 heteroatoms. The van der Waals surface area contributed by atoms with Gasteiger partial charge < -0.3 is 5.32 Å². The van der Waals surface area contributed by atoms with Gasteiger partial charge in [-0.15, -0.1) is 0 Å². The van der Waals surface area contributed by atoms with Gasteiger partial charge in [0.25, 0.3) is 0 Å². The van der Waals surface area contributed by atoms with Gasteiger partial charge in [0.1, 0.15) is 12.7 Å². The standard InChI is InChI=1S/C14H19N5/c1-2-4-13(5-3-1)14-10-18(7-6-16-14)8-9-19-12-15-11-17-19/h1-5,11-12,14,16H,6-10H2/t14-/m1/s1. The van der Waals surface area contributed by atoms with Crippen molar-refractivity contribution < 1.29 is 0 Å². The molecule has 0 bridgehead atoms. The SMILES string of the molecule is c1ccc([C@H]2CN(CCn3cncn3)CCN2)cc1. The third-order valence-electron chi connectivity index (χ3n) is 3.57. The number of rotatable bonds is 4. The predicted molar refractivity (Wildman–Crippen MR) is 73.6 cm³/mol. The summed E-state index contributed by atoms with van der Waals surface area (Å²) in [5.74, 6) is 0. The van der Waals surface area contributed by atoms with Gasteiger partial charge >= 0.3 is 0 Å². The molecular formula is C14H19N5. The van der Waals surface area contributed by atoms with Gasteiger partial charge in [0.2, 0.25) is 0 Å². The monoisotopic (exact) mass is 257 g/mol. The van der Waals surface area contributed by atoms with Crippen LogP contribution in [0.3, 0.4) is 0 Å². The van der Waals surface area contributed by atoms with Gasteiger partial charge in [0, 0.05) is 32.2 Å². The number of hydrogen-bond donors (Lipinski definition) is 1. The summed E-state index contributed by atoms with van der Waals surface area (Å²) < 4.78 is 1.89. The third-order valence-corrected chi connectivity index (χ3v) is 3.57. The molecule has 1 aliphatic rings. The van der Waals surface area contributed by atoms with Crippen LogP contribution in [0.1, 0.15) is 11.6 Å². The third kappa shape index (κ3) is 3.19. The maximum atomic E-state index is 4.14. The minimum absolute atomic E-state index is 0.436. The Morgan fingerprint density at radius 3 is 2.89 bits per heavy atom. The normalized spacial score (nSPS) is 20.5. The molecule has 1 saturated heterocycles. The fraction of sp³-hybridized carbons (Fsp3) is 0.429. The van der Waals surface area contributed by atoms with E-state index in [1.807, 2.05) is 4.68 Å². The first-order chi connectivity index (χ1) is 9.42. The van der Waals surface area contributed by atoms with Crippen LogP contribution in [0.25, 0.3) is 0 Å². The first-order valence-corrected chi connectivity index (χ1v) is 6.75. The Morgan fingerprint density at radius 1 is 1.21 bits per heavy atom. The van der Waals surface area contributed by atoms with E-state index in [1.165, 1.54) is 5.56 Å². The Hall–Kier alpha value is -1.72. The Labute approximate surface area is 113 Å². The van der Waals surface area contributed by atoms with E-state index in [1.54, 1.807) is 12.7 Å². The summed E-state index contributed by atoms with van der Waals surface area (Å²) in [4.78, 5) is 6.45. The van der Waals surface area contributed by atoms with Crippen LogP contribution in [-0.2, 0) is 6.54 Å². The Morgan fingerprint density at radius 2 is 2.11 bits per heavy atom. The molecule has 2 heterocycles. The zero-order valence-electron chi connectivity index (χ0n) is 10.9. The zero-order chi connectivity index (χ0) is 12.9. The summed E-state index contributed by atoms with van der Waals surface area (Å²) in [6.45, 7) is 5.11. The topological polar surface area (TPSA) is 46.0 Å². The molecule has 19 heavy (non-hydrogen) atoms. The van der Waals surface area contributed by atoms with Crippen LogP contribution >= 0.6 is 0 Å². The fourth-order valence-corrected chi connectivity index (χ4v) is 2.51. The first-order valence-electron chi connectivity index (χ1n) is 6.75. The van der Waals surface area contributed by atoms with Crippen molar-refractivity contribution in [2.75, 3.05) is 26.2 Å². The van der Waals surface area contributed by atoms with E-state index >= 15 is 0 Å². The van der Waals surface area contributed by atoms with Crippen molar-refractivity contribution in [3.63, 3.8) is 0 Å². The highest BCUT2D eigenvalue weighted by atomic mass is 15.3. The molecule has 0 unspecified atom stereocenters. The van der Waals surface area contributed by atoms with Crippen LogP contribution in [0.4, 0.5) is 0 Å². The van der Waals surface area contributed by atoms with Gasteiger partial charge in [0.05, 0.1) is 6.54 Å².